The van der Waals surface area contributed by atoms with E-state index in [4.69, 9.17) is 9.47 Å². The van der Waals surface area contributed by atoms with Crippen molar-refractivity contribution in [3.8, 4) is 0 Å². The van der Waals surface area contributed by atoms with E-state index in [2.05, 4.69) is 133 Å². The monoisotopic (exact) mass is 925 g/mol. The third-order valence-corrected chi connectivity index (χ3v) is 13.1. The van der Waals surface area contributed by atoms with Gasteiger partial charge in [0.2, 0.25) is 0 Å². The highest BCUT2D eigenvalue weighted by Crippen LogP contribution is 2.28. The molecule has 2 heteroatoms. The Morgan fingerprint density at radius 2 is 0.554 bits per heavy atom. The molecule has 6 atom stereocenters. The molecule has 0 aromatic heterocycles. The van der Waals surface area contributed by atoms with E-state index in [0.29, 0.717) is 12.2 Å². The van der Waals surface area contributed by atoms with Crippen LogP contribution < -0.4 is 0 Å². The maximum Gasteiger partial charge on any atom is 0.0547 e. The highest BCUT2D eigenvalue weighted by Gasteiger charge is 2.15. The van der Waals surface area contributed by atoms with Crippen LogP contribution in [0.2, 0.25) is 0 Å². The van der Waals surface area contributed by atoms with E-state index < -0.39 is 0 Å². The maximum atomic E-state index is 5.39. The quantitative estimate of drug-likeness (QED) is 0.241. The lowest BCUT2D eigenvalue weighted by molar-refractivity contribution is 0.000174. The van der Waals surface area contributed by atoms with Crippen LogP contribution in [-0.4, -0.2) is 25.4 Å². The second kappa shape index (κ2) is 50.5. The predicted octanol–water partition coefficient (Wildman–Crippen LogP) is 23.1. The lowest BCUT2D eigenvalue weighted by atomic mass is 9.84. The molecule has 0 spiro atoms. The molecular formula is C63H136O2. The summed E-state index contributed by atoms with van der Waals surface area (Å²) in [6.07, 6.45) is 30.9. The fourth-order valence-electron chi connectivity index (χ4n) is 7.71. The van der Waals surface area contributed by atoms with Crippen molar-refractivity contribution in [2.45, 2.75) is 292 Å². The SMILES string of the molecule is C.C.C.C.C.C.C.C.C.CC1=CCC(C)CC1.CC1=CCC(C)CC1.CC1CCC(C)CC1.CC1CCC(C)CC1.CC1CCC(C)OC1.CC1CCC(C)OC1.Cc1ccc(C)cc1.[HH]. The molecule has 6 aliphatic rings. The number of hydrogen-bond donors (Lipinski definition) is 0. The topological polar surface area (TPSA) is 18.5 Å². The van der Waals surface area contributed by atoms with Crippen LogP contribution >= 0.6 is 0 Å². The van der Waals surface area contributed by atoms with E-state index in [0.717, 1.165) is 60.6 Å². The number of benzene rings is 1. The van der Waals surface area contributed by atoms with Crippen molar-refractivity contribution in [2.75, 3.05) is 13.2 Å². The normalized spacial score (nSPS) is 28.0. The molecule has 2 aliphatic heterocycles. The van der Waals surface area contributed by atoms with E-state index in [9.17, 15) is 0 Å². The van der Waals surface area contributed by atoms with Gasteiger partial charge in [0.05, 0.1) is 12.2 Å². The standard InChI is InChI=1S/2C8H16.2C8H14.C8H10.2C7H14O.9CH4.H2/c5*1-7-3-5-8(2)6-4-7;2*1-6-3-4-7(2)8-5-6;;;;;;;;;;/h2*7-8H,3-6H2,1-2H3;2*3,8H,4-6H2,1-2H3;3-6H,1-2H3;2*6-7H,3-5H2,1-2H3;9*1H4;1H. The van der Waals surface area contributed by atoms with Crippen molar-refractivity contribution >= 4 is 0 Å². The van der Waals surface area contributed by atoms with Crippen LogP contribution in [0.15, 0.2) is 47.6 Å². The molecule has 2 nitrogen and oxygen atoms in total. The number of rotatable bonds is 0. The van der Waals surface area contributed by atoms with Gasteiger partial charge in [0, 0.05) is 14.6 Å². The average Bonchev–Trinajstić information content (AvgIpc) is 3.18. The van der Waals surface area contributed by atoms with Crippen LogP contribution in [0.4, 0.5) is 0 Å². The molecular weight excluding hydrogens is 789 g/mol. The Morgan fingerprint density at radius 3 is 0.708 bits per heavy atom. The third kappa shape index (κ3) is 48.9. The van der Waals surface area contributed by atoms with Gasteiger partial charge in [-0.15, -0.1) is 0 Å². The lowest BCUT2D eigenvalue weighted by Crippen LogP contribution is -2.21. The molecule has 65 heavy (non-hydrogen) atoms. The minimum absolute atomic E-state index is 0. The Morgan fingerprint density at radius 1 is 0.323 bits per heavy atom. The summed E-state index contributed by atoms with van der Waals surface area (Å²) in [5, 5.41) is 0. The van der Waals surface area contributed by atoms with Crippen LogP contribution in [0.1, 0.15) is 278 Å². The Balaban J connectivity index is -0.0000000676. The number of hydrogen-bond acceptors (Lipinski definition) is 2. The first-order chi connectivity index (χ1) is 26.5. The summed E-state index contributed by atoms with van der Waals surface area (Å²) in [6.45, 7) is 33.5. The summed E-state index contributed by atoms with van der Waals surface area (Å²) in [5.41, 5.74) is 5.83. The molecule has 400 valence electrons. The smallest absolute Gasteiger partial charge is 0.0547 e. The maximum absolute atomic E-state index is 5.39. The second-order valence-electron chi connectivity index (χ2n) is 20.4. The minimum Gasteiger partial charge on any atom is -0.378 e. The molecule has 0 radical (unpaired) electrons. The molecule has 7 rings (SSSR count). The first-order valence-electron chi connectivity index (χ1n) is 24.1. The number of allylic oxidation sites excluding steroid dienone is 4. The molecule has 1 aromatic rings. The summed E-state index contributed by atoms with van der Waals surface area (Å²) in [6, 6.07) is 8.48. The molecule has 2 saturated heterocycles. The molecule has 0 N–H and O–H groups in total. The van der Waals surface area contributed by atoms with Crippen molar-refractivity contribution in [3.05, 3.63) is 58.7 Å². The first kappa shape index (κ1) is 83.6. The van der Waals surface area contributed by atoms with Gasteiger partial charge in [-0.3, -0.25) is 0 Å². The fourth-order valence-corrected chi connectivity index (χ4v) is 7.71. The van der Waals surface area contributed by atoms with E-state index >= 15 is 0 Å². The van der Waals surface area contributed by atoms with Gasteiger partial charge in [-0.25, -0.2) is 0 Å². The molecule has 2 saturated carbocycles. The van der Waals surface area contributed by atoms with Gasteiger partial charge in [0.25, 0.3) is 0 Å². The van der Waals surface area contributed by atoms with Crippen LogP contribution in [0.25, 0.3) is 0 Å². The zero-order chi connectivity index (χ0) is 41.9. The third-order valence-electron chi connectivity index (χ3n) is 13.1. The minimum atomic E-state index is 0. The van der Waals surface area contributed by atoms with E-state index in [1.165, 1.54) is 127 Å². The fraction of sp³-hybridized carbons (Fsp3) is 0.841. The van der Waals surface area contributed by atoms with Gasteiger partial charge < -0.3 is 9.47 Å². The summed E-state index contributed by atoms with van der Waals surface area (Å²) in [5.74, 6) is 7.56. The van der Waals surface area contributed by atoms with E-state index in [-0.39, 0.29) is 68.3 Å². The van der Waals surface area contributed by atoms with Crippen molar-refractivity contribution in [1.29, 1.82) is 0 Å². The van der Waals surface area contributed by atoms with Crippen molar-refractivity contribution in [3.63, 3.8) is 0 Å². The van der Waals surface area contributed by atoms with Crippen molar-refractivity contribution < 1.29 is 10.9 Å². The highest BCUT2D eigenvalue weighted by molar-refractivity contribution is 5.19. The average molecular weight is 926 g/mol. The van der Waals surface area contributed by atoms with Gasteiger partial charge >= 0.3 is 0 Å². The number of ether oxygens (including phenoxy) is 2. The van der Waals surface area contributed by atoms with Crippen LogP contribution in [0.3, 0.4) is 0 Å². The Labute approximate surface area is 420 Å². The van der Waals surface area contributed by atoms with Gasteiger partial charge in [0.1, 0.15) is 0 Å². The molecule has 6 unspecified atom stereocenters. The summed E-state index contributed by atoms with van der Waals surface area (Å²) in [7, 11) is 0. The van der Waals surface area contributed by atoms with Gasteiger partial charge in [-0.05, 0) is 153 Å². The molecule has 2 heterocycles. The van der Waals surface area contributed by atoms with Crippen molar-refractivity contribution in [2.24, 2.45) is 47.3 Å². The Bertz CT molecular complexity index is 939. The van der Waals surface area contributed by atoms with Gasteiger partial charge in [-0.2, -0.15) is 0 Å². The zero-order valence-corrected chi connectivity index (χ0v) is 40.2. The van der Waals surface area contributed by atoms with E-state index in [1.54, 1.807) is 11.1 Å². The Hall–Kier alpha value is -1.38. The highest BCUT2D eigenvalue weighted by atomic mass is 16.5. The van der Waals surface area contributed by atoms with Crippen molar-refractivity contribution in [1.82, 2.24) is 0 Å². The predicted molar refractivity (Wildman–Crippen MR) is 313 cm³/mol. The zero-order valence-electron chi connectivity index (χ0n) is 40.2. The summed E-state index contributed by atoms with van der Waals surface area (Å²) >= 11 is 0. The molecule has 0 amide bonds. The van der Waals surface area contributed by atoms with Gasteiger partial charge in [-0.1, -0.05) is 232 Å². The second-order valence-corrected chi connectivity index (χ2v) is 20.4. The van der Waals surface area contributed by atoms with Crippen LogP contribution in [0.5, 0.6) is 0 Å². The molecule has 0 bridgehead atoms. The Kier molecular flexibility index (Phi) is 65.0. The summed E-state index contributed by atoms with van der Waals surface area (Å²) < 4.78 is 10.8. The molecule has 4 aliphatic carbocycles. The van der Waals surface area contributed by atoms with Crippen LogP contribution in [0, 0.1) is 61.2 Å². The largest absolute Gasteiger partial charge is 0.378 e. The van der Waals surface area contributed by atoms with Crippen LogP contribution in [-0.2, 0) is 9.47 Å². The first-order valence-corrected chi connectivity index (χ1v) is 24.1. The van der Waals surface area contributed by atoms with E-state index in [1.807, 2.05) is 0 Å². The number of aryl methyl sites for hydroxylation is 2. The lowest BCUT2D eigenvalue weighted by Gasteiger charge is -2.23. The molecule has 4 fully saturated rings. The summed E-state index contributed by atoms with van der Waals surface area (Å²) in [4.78, 5) is 0. The molecule has 1 aromatic carbocycles. The van der Waals surface area contributed by atoms with Gasteiger partial charge in [0.15, 0.2) is 0 Å².